The van der Waals surface area contributed by atoms with Gasteiger partial charge in [0.15, 0.2) is 0 Å². The van der Waals surface area contributed by atoms with Crippen molar-refractivity contribution in [3.63, 3.8) is 0 Å². The Morgan fingerprint density at radius 3 is 3.18 bits per heavy atom. The summed E-state index contributed by atoms with van der Waals surface area (Å²) >= 11 is 0. The van der Waals surface area contributed by atoms with E-state index in [0.717, 1.165) is 30.8 Å². The van der Waals surface area contributed by atoms with Crippen LogP contribution in [0.3, 0.4) is 0 Å². The molecule has 0 aliphatic carbocycles. The SMILES string of the molecule is CCOc1cccc(C2OCCCC2C#N)c1. The molecule has 3 heteroatoms. The van der Waals surface area contributed by atoms with Gasteiger partial charge in [0.1, 0.15) is 5.75 Å². The zero-order valence-electron chi connectivity index (χ0n) is 10.1. The van der Waals surface area contributed by atoms with Crippen molar-refractivity contribution in [2.45, 2.75) is 25.9 Å². The molecule has 0 N–H and O–H groups in total. The smallest absolute Gasteiger partial charge is 0.119 e. The molecule has 1 aromatic carbocycles. The Kier molecular flexibility index (Phi) is 4.00. The number of benzene rings is 1. The van der Waals surface area contributed by atoms with Crippen LogP contribution in [-0.4, -0.2) is 13.2 Å². The molecule has 1 aliphatic heterocycles. The third kappa shape index (κ3) is 2.78. The highest BCUT2D eigenvalue weighted by Crippen LogP contribution is 2.34. The third-order valence-electron chi connectivity index (χ3n) is 2.99. The molecule has 2 atom stereocenters. The predicted octanol–water partition coefficient (Wildman–Crippen LogP) is 3.08. The van der Waals surface area contributed by atoms with E-state index in [4.69, 9.17) is 14.7 Å². The molecule has 3 nitrogen and oxygen atoms in total. The van der Waals surface area contributed by atoms with E-state index < -0.39 is 0 Å². The fraction of sp³-hybridized carbons (Fsp3) is 0.500. The second kappa shape index (κ2) is 5.70. The summed E-state index contributed by atoms with van der Waals surface area (Å²) in [5, 5.41) is 9.13. The summed E-state index contributed by atoms with van der Waals surface area (Å²) in [4.78, 5) is 0. The molecular formula is C14H17NO2. The van der Waals surface area contributed by atoms with Crippen LogP contribution in [0.15, 0.2) is 24.3 Å². The van der Waals surface area contributed by atoms with E-state index in [2.05, 4.69) is 6.07 Å². The zero-order chi connectivity index (χ0) is 12.1. The monoisotopic (exact) mass is 231 g/mol. The fourth-order valence-electron chi connectivity index (χ4n) is 2.19. The molecule has 2 rings (SSSR count). The molecule has 2 unspecified atom stereocenters. The summed E-state index contributed by atoms with van der Waals surface area (Å²) in [6, 6.07) is 10.2. The molecule has 1 aromatic rings. The van der Waals surface area contributed by atoms with Gasteiger partial charge in [-0.25, -0.2) is 0 Å². The molecule has 1 saturated heterocycles. The van der Waals surface area contributed by atoms with Gasteiger partial charge in [0.25, 0.3) is 0 Å². The maximum absolute atomic E-state index is 9.13. The van der Waals surface area contributed by atoms with E-state index in [1.807, 2.05) is 31.2 Å². The van der Waals surface area contributed by atoms with Crippen molar-refractivity contribution in [3.8, 4) is 11.8 Å². The normalized spacial score (nSPS) is 24.0. The Labute approximate surface area is 102 Å². The van der Waals surface area contributed by atoms with Crippen LogP contribution in [0.1, 0.15) is 31.4 Å². The average Bonchev–Trinajstić information content (AvgIpc) is 2.39. The number of hydrogen-bond acceptors (Lipinski definition) is 3. The molecule has 0 bridgehead atoms. The lowest BCUT2D eigenvalue weighted by Crippen LogP contribution is -2.21. The van der Waals surface area contributed by atoms with Crippen molar-refractivity contribution in [2.75, 3.05) is 13.2 Å². The minimum Gasteiger partial charge on any atom is -0.494 e. The lowest BCUT2D eigenvalue weighted by molar-refractivity contribution is -0.0102. The van der Waals surface area contributed by atoms with Gasteiger partial charge in [-0.2, -0.15) is 5.26 Å². The number of nitrogens with zero attached hydrogens (tertiary/aromatic N) is 1. The van der Waals surface area contributed by atoms with Crippen molar-refractivity contribution in [3.05, 3.63) is 29.8 Å². The van der Waals surface area contributed by atoms with Crippen molar-refractivity contribution in [1.29, 1.82) is 5.26 Å². The van der Waals surface area contributed by atoms with Gasteiger partial charge >= 0.3 is 0 Å². The minimum atomic E-state index is -0.103. The van der Waals surface area contributed by atoms with Gasteiger partial charge in [-0.1, -0.05) is 12.1 Å². The summed E-state index contributed by atoms with van der Waals surface area (Å²) in [5.41, 5.74) is 1.04. The largest absolute Gasteiger partial charge is 0.494 e. The molecule has 90 valence electrons. The third-order valence-corrected chi connectivity index (χ3v) is 2.99. The van der Waals surface area contributed by atoms with Gasteiger partial charge in [-0.15, -0.1) is 0 Å². The molecule has 0 amide bonds. The van der Waals surface area contributed by atoms with Crippen molar-refractivity contribution in [2.24, 2.45) is 5.92 Å². The van der Waals surface area contributed by atoms with Crippen molar-refractivity contribution >= 4 is 0 Å². The van der Waals surface area contributed by atoms with Gasteiger partial charge in [0.05, 0.1) is 24.7 Å². The topological polar surface area (TPSA) is 42.2 Å². The number of rotatable bonds is 3. The van der Waals surface area contributed by atoms with E-state index in [1.54, 1.807) is 0 Å². The highest BCUT2D eigenvalue weighted by atomic mass is 16.5. The quantitative estimate of drug-likeness (QED) is 0.802. The maximum Gasteiger partial charge on any atom is 0.119 e. The van der Waals surface area contributed by atoms with E-state index in [1.165, 1.54) is 0 Å². The lowest BCUT2D eigenvalue weighted by Gasteiger charge is -2.27. The van der Waals surface area contributed by atoms with E-state index >= 15 is 0 Å². The first-order chi connectivity index (χ1) is 8.35. The van der Waals surface area contributed by atoms with Crippen LogP contribution in [0.4, 0.5) is 0 Å². The number of ether oxygens (including phenoxy) is 2. The molecule has 1 fully saturated rings. The Morgan fingerprint density at radius 2 is 2.41 bits per heavy atom. The van der Waals surface area contributed by atoms with Crippen LogP contribution in [-0.2, 0) is 4.74 Å². The molecule has 17 heavy (non-hydrogen) atoms. The predicted molar refractivity (Wildman–Crippen MR) is 64.6 cm³/mol. The van der Waals surface area contributed by atoms with Crippen molar-refractivity contribution < 1.29 is 9.47 Å². The average molecular weight is 231 g/mol. The first-order valence-electron chi connectivity index (χ1n) is 6.09. The van der Waals surface area contributed by atoms with E-state index in [0.29, 0.717) is 6.61 Å². The van der Waals surface area contributed by atoms with Crippen LogP contribution in [0, 0.1) is 17.2 Å². The van der Waals surface area contributed by atoms with Crippen LogP contribution in [0.25, 0.3) is 0 Å². The minimum absolute atomic E-state index is 0.0411. The van der Waals surface area contributed by atoms with E-state index in [-0.39, 0.29) is 12.0 Å². The van der Waals surface area contributed by atoms with Gasteiger partial charge in [-0.3, -0.25) is 0 Å². The summed E-state index contributed by atoms with van der Waals surface area (Å²) < 4.78 is 11.2. The number of nitriles is 1. The van der Waals surface area contributed by atoms with Gasteiger partial charge in [-0.05, 0) is 37.5 Å². The second-order valence-electron chi connectivity index (χ2n) is 4.17. The standard InChI is InChI=1S/C14H17NO2/c1-2-16-13-7-3-5-11(9-13)14-12(10-15)6-4-8-17-14/h3,5,7,9,12,14H,2,4,6,8H2,1H3. The van der Waals surface area contributed by atoms with Crippen LogP contribution in [0.5, 0.6) is 5.75 Å². The second-order valence-corrected chi connectivity index (χ2v) is 4.17. The zero-order valence-corrected chi connectivity index (χ0v) is 10.1. The molecule has 0 radical (unpaired) electrons. The van der Waals surface area contributed by atoms with Crippen LogP contribution in [0.2, 0.25) is 0 Å². The number of hydrogen-bond donors (Lipinski definition) is 0. The Morgan fingerprint density at radius 1 is 1.53 bits per heavy atom. The fourth-order valence-corrected chi connectivity index (χ4v) is 2.19. The maximum atomic E-state index is 9.13. The van der Waals surface area contributed by atoms with E-state index in [9.17, 15) is 0 Å². The molecular weight excluding hydrogens is 214 g/mol. The highest BCUT2D eigenvalue weighted by molar-refractivity contribution is 5.31. The van der Waals surface area contributed by atoms with Gasteiger partial charge < -0.3 is 9.47 Å². The molecule has 0 spiro atoms. The van der Waals surface area contributed by atoms with Crippen LogP contribution >= 0.6 is 0 Å². The molecule has 1 aliphatic rings. The summed E-state index contributed by atoms with van der Waals surface area (Å²) in [5.74, 6) is 0.802. The lowest BCUT2D eigenvalue weighted by atomic mass is 9.91. The molecule has 1 heterocycles. The summed E-state index contributed by atoms with van der Waals surface area (Å²) in [6.07, 6.45) is 1.79. The Hall–Kier alpha value is -1.53. The Bertz CT molecular complexity index is 411. The van der Waals surface area contributed by atoms with Gasteiger partial charge in [0.2, 0.25) is 0 Å². The van der Waals surface area contributed by atoms with Crippen molar-refractivity contribution in [1.82, 2.24) is 0 Å². The summed E-state index contributed by atoms with van der Waals surface area (Å²) in [6.45, 7) is 3.35. The molecule has 0 aromatic heterocycles. The Balaban J connectivity index is 2.20. The van der Waals surface area contributed by atoms with Crippen LogP contribution < -0.4 is 4.74 Å². The van der Waals surface area contributed by atoms with Gasteiger partial charge in [0, 0.05) is 6.61 Å². The first kappa shape index (κ1) is 11.9. The molecule has 0 saturated carbocycles. The first-order valence-corrected chi connectivity index (χ1v) is 6.09. The highest BCUT2D eigenvalue weighted by Gasteiger charge is 2.27. The summed E-state index contributed by atoms with van der Waals surface area (Å²) in [7, 11) is 0.